The van der Waals surface area contributed by atoms with Gasteiger partial charge in [0.2, 0.25) is 10.0 Å². The van der Waals surface area contributed by atoms with Crippen LogP contribution in [0.25, 0.3) is 0 Å². The number of hydrogen-bond acceptors (Lipinski definition) is 5. The lowest BCUT2D eigenvalue weighted by atomic mass is 10.2. The van der Waals surface area contributed by atoms with Crippen LogP contribution in [0.1, 0.15) is 10.4 Å². The van der Waals surface area contributed by atoms with Gasteiger partial charge in [0.15, 0.2) is 0 Å². The highest BCUT2D eigenvalue weighted by molar-refractivity contribution is 7.92. The monoisotopic (exact) mass is 369 g/mol. The Bertz CT molecular complexity index is 914. The molecular weight excluding hydrogens is 358 g/mol. The molecule has 0 aliphatic rings. The van der Waals surface area contributed by atoms with E-state index >= 15 is 0 Å². The maximum absolute atomic E-state index is 12.3. The lowest BCUT2D eigenvalue weighted by Crippen LogP contribution is -2.16. The number of amides is 1. The summed E-state index contributed by atoms with van der Waals surface area (Å²) in [5.41, 5.74) is 0.195. The van der Waals surface area contributed by atoms with Crippen molar-refractivity contribution in [3.8, 4) is 0 Å². The molecule has 2 aromatic rings. The Morgan fingerprint density at radius 3 is 2.33 bits per heavy atom. The average molecular weight is 370 g/mol. The number of carbonyl (C=O) groups is 1. The van der Waals surface area contributed by atoms with Gasteiger partial charge in [-0.25, -0.2) is 8.42 Å². The highest BCUT2D eigenvalue weighted by Gasteiger charge is 2.16. The van der Waals surface area contributed by atoms with Crippen molar-refractivity contribution < 1.29 is 18.1 Å². The molecule has 2 aromatic carbocycles. The molecule has 0 aromatic heterocycles. The van der Waals surface area contributed by atoms with Crippen molar-refractivity contribution in [2.45, 2.75) is 0 Å². The van der Waals surface area contributed by atoms with E-state index in [-0.39, 0.29) is 27.6 Å². The third-order valence-electron chi connectivity index (χ3n) is 2.88. The summed E-state index contributed by atoms with van der Waals surface area (Å²) in [6.45, 7) is 0. The Balaban J connectivity index is 2.29. The molecule has 0 aliphatic heterocycles. The fourth-order valence-corrected chi connectivity index (χ4v) is 2.71. The summed E-state index contributed by atoms with van der Waals surface area (Å²) in [7, 11) is -3.53. The van der Waals surface area contributed by atoms with Crippen molar-refractivity contribution in [3.05, 3.63) is 63.2 Å². The number of hydrogen-bond donors (Lipinski definition) is 2. The van der Waals surface area contributed by atoms with Crippen LogP contribution in [0, 0.1) is 10.1 Å². The van der Waals surface area contributed by atoms with Gasteiger partial charge >= 0.3 is 0 Å². The van der Waals surface area contributed by atoms with E-state index in [2.05, 4.69) is 10.0 Å². The zero-order chi connectivity index (χ0) is 17.9. The summed E-state index contributed by atoms with van der Waals surface area (Å²) in [5.74, 6) is -0.627. The highest BCUT2D eigenvalue weighted by Crippen LogP contribution is 2.26. The summed E-state index contributed by atoms with van der Waals surface area (Å²) in [5, 5.41) is 13.1. The Morgan fingerprint density at radius 2 is 1.79 bits per heavy atom. The number of nitrogens with zero attached hydrogens (tertiary/aromatic N) is 1. The minimum absolute atomic E-state index is 0.0245. The molecule has 126 valence electrons. The van der Waals surface area contributed by atoms with Gasteiger partial charge in [0, 0.05) is 12.1 Å². The van der Waals surface area contributed by atoms with E-state index in [0.717, 1.165) is 18.4 Å². The standard InChI is InChI=1S/C14H12ClN3O5S/c1-24(22,23)17-13-5-3-2-4-12(13)16-14(19)10-7-6-9(18(20)21)8-11(10)15/h2-8,17H,1H3,(H,16,19). The second-order valence-corrected chi connectivity index (χ2v) is 6.95. The van der Waals surface area contributed by atoms with E-state index in [1.165, 1.54) is 18.2 Å². The molecule has 1 amide bonds. The molecule has 2 rings (SSSR count). The zero-order valence-electron chi connectivity index (χ0n) is 12.3. The van der Waals surface area contributed by atoms with E-state index < -0.39 is 20.9 Å². The number of sulfonamides is 1. The third kappa shape index (κ3) is 4.43. The molecule has 0 aliphatic carbocycles. The van der Waals surface area contributed by atoms with Crippen LogP contribution in [0.15, 0.2) is 42.5 Å². The molecule has 0 heterocycles. The van der Waals surface area contributed by atoms with Gasteiger partial charge in [-0.05, 0) is 18.2 Å². The second kappa shape index (κ2) is 6.85. The largest absolute Gasteiger partial charge is 0.320 e. The summed E-state index contributed by atoms with van der Waals surface area (Å²) < 4.78 is 25.0. The molecule has 0 saturated heterocycles. The Morgan fingerprint density at radius 1 is 1.17 bits per heavy atom. The molecular formula is C14H12ClN3O5S. The number of nitro benzene ring substituents is 1. The molecule has 0 atom stereocenters. The fraction of sp³-hybridized carbons (Fsp3) is 0.0714. The Hall–Kier alpha value is -2.65. The number of halogens is 1. The van der Waals surface area contributed by atoms with Crippen molar-refractivity contribution in [3.63, 3.8) is 0 Å². The molecule has 24 heavy (non-hydrogen) atoms. The minimum Gasteiger partial charge on any atom is -0.320 e. The number of nitrogens with one attached hydrogen (secondary N) is 2. The van der Waals surface area contributed by atoms with Crippen molar-refractivity contribution in [2.75, 3.05) is 16.3 Å². The number of nitro groups is 1. The molecule has 0 bridgehead atoms. The smallest absolute Gasteiger partial charge is 0.270 e. The number of para-hydroxylation sites is 2. The van der Waals surface area contributed by atoms with Gasteiger partial charge < -0.3 is 5.32 Å². The Kier molecular flexibility index (Phi) is 5.05. The van der Waals surface area contributed by atoms with Crippen LogP contribution in [0.5, 0.6) is 0 Å². The summed E-state index contributed by atoms with van der Waals surface area (Å²) in [6, 6.07) is 9.64. The maximum atomic E-state index is 12.3. The van der Waals surface area contributed by atoms with Gasteiger partial charge in [-0.1, -0.05) is 23.7 Å². The lowest BCUT2D eigenvalue weighted by Gasteiger charge is -2.12. The van der Waals surface area contributed by atoms with E-state index in [1.807, 2.05) is 0 Å². The summed E-state index contributed by atoms with van der Waals surface area (Å²) >= 11 is 5.90. The van der Waals surface area contributed by atoms with Crippen LogP contribution in [-0.2, 0) is 10.0 Å². The minimum atomic E-state index is -3.53. The molecule has 0 radical (unpaired) electrons. The van der Waals surface area contributed by atoms with Gasteiger partial charge in [-0.2, -0.15) is 0 Å². The first kappa shape index (κ1) is 17.7. The zero-order valence-corrected chi connectivity index (χ0v) is 13.9. The molecule has 2 N–H and O–H groups in total. The topological polar surface area (TPSA) is 118 Å². The molecule has 0 spiro atoms. The number of rotatable bonds is 5. The molecule has 0 saturated carbocycles. The fourth-order valence-electron chi connectivity index (χ4n) is 1.87. The second-order valence-electron chi connectivity index (χ2n) is 4.80. The van der Waals surface area contributed by atoms with Gasteiger partial charge in [-0.3, -0.25) is 19.6 Å². The van der Waals surface area contributed by atoms with Gasteiger partial charge in [0.05, 0.1) is 33.1 Å². The Labute approximate surface area is 142 Å². The number of benzene rings is 2. The van der Waals surface area contributed by atoms with Gasteiger partial charge in [0.1, 0.15) is 0 Å². The van der Waals surface area contributed by atoms with E-state index in [0.29, 0.717) is 0 Å². The van der Waals surface area contributed by atoms with Crippen LogP contribution in [-0.4, -0.2) is 25.5 Å². The molecule has 0 unspecified atom stereocenters. The molecule has 8 nitrogen and oxygen atoms in total. The first-order valence-electron chi connectivity index (χ1n) is 6.49. The summed E-state index contributed by atoms with van der Waals surface area (Å²) in [6.07, 6.45) is 0.985. The number of anilines is 2. The molecule has 0 fully saturated rings. The predicted molar refractivity (Wildman–Crippen MR) is 91.0 cm³/mol. The van der Waals surface area contributed by atoms with Crippen molar-refractivity contribution in [1.29, 1.82) is 0 Å². The SMILES string of the molecule is CS(=O)(=O)Nc1ccccc1NC(=O)c1ccc([N+](=O)[O-])cc1Cl. The van der Waals surface area contributed by atoms with Crippen LogP contribution in [0.4, 0.5) is 17.1 Å². The van der Waals surface area contributed by atoms with Gasteiger partial charge in [0.25, 0.3) is 11.6 Å². The van der Waals surface area contributed by atoms with Crippen molar-refractivity contribution >= 4 is 44.6 Å². The highest BCUT2D eigenvalue weighted by atomic mass is 35.5. The number of non-ortho nitro benzene ring substituents is 1. The maximum Gasteiger partial charge on any atom is 0.270 e. The predicted octanol–water partition coefficient (Wildman–Crippen LogP) is 2.87. The normalized spacial score (nSPS) is 10.9. The first-order chi connectivity index (χ1) is 11.2. The van der Waals surface area contributed by atoms with Crippen molar-refractivity contribution in [2.24, 2.45) is 0 Å². The first-order valence-corrected chi connectivity index (χ1v) is 8.76. The summed E-state index contributed by atoms with van der Waals surface area (Å²) in [4.78, 5) is 22.3. The van der Waals surface area contributed by atoms with E-state index in [1.54, 1.807) is 12.1 Å². The number of carbonyl (C=O) groups excluding carboxylic acids is 1. The lowest BCUT2D eigenvalue weighted by molar-refractivity contribution is -0.384. The van der Waals surface area contributed by atoms with Crippen molar-refractivity contribution in [1.82, 2.24) is 0 Å². The third-order valence-corrected chi connectivity index (χ3v) is 3.78. The van der Waals surface area contributed by atoms with Crippen LogP contribution >= 0.6 is 11.6 Å². The quantitative estimate of drug-likeness (QED) is 0.620. The van der Waals surface area contributed by atoms with Crippen LogP contribution < -0.4 is 10.0 Å². The average Bonchev–Trinajstić information content (AvgIpc) is 2.47. The van der Waals surface area contributed by atoms with E-state index in [9.17, 15) is 23.3 Å². The molecule has 10 heteroatoms. The van der Waals surface area contributed by atoms with Crippen LogP contribution in [0.2, 0.25) is 5.02 Å². The van der Waals surface area contributed by atoms with Crippen LogP contribution in [0.3, 0.4) is 0 Å². The van der Waals surface area contributed by atoms with E-state index in [4.69, 9.17) is 11.6 Å². The van der Waals surface area contributed by atoms with Gasteiger partial charge in [-0.15, -0.1) is 0 Å².